The van der Waals surface area contributed by atoms with Crippen molar-refractivity contribution in [2.45, 2.75) is 32.6 Å². The first kappa shape index (κ1) is 18.0. The molecule has 0 bridgehead atoms. The molecule has 0 atom stereocenters. The predicted octanol–water partition coefficient (Wildman–Crippen LogP) is 4.09. The Morgan fingerprint density at radius 1 is 0.962 bits per heavy atom. The normalized spacial score (nSPS) is 11.1. The molecule has 4 heteroatoms. The number of aromatic nitrogens is 1. The summed E-state index contributed by atoms with van der Waals surface area (Å²) in [5, 5.41) is 9.52. The van der Waals surface area contributed by atoms with Crippen LogP contribution in [0.15, 0.2) is 77.7 Å². The van der Waals surface area contributed by atoms with Gasteiger partial charge in [0.25, 0.3) is 0 Å². The summed E-state index contributed by atoms with van der Waals surface area (Å²) < 4.78 is 8.06. The van der Waals surface area contributed by atoms with E-state index in [1.54, 1.807) is 6.20 Å². The third-order valence-electron chi connectivity index (χ3n) is 4.30. The summed E-state index contributed by atoms with van der Waals surface area (Å²) in [5.41, 5.74) is 2.29. The van der Waals surface area contributed by atoms with Crippen molar-refractivity contribution in [2.75, 3.05) is 0 Å². The second-order valence-electron chi connectivity index (χ2n) is 6.47. The van der Waals surface area contributed by atoms with E-state index >= 15 is 0 Å². The second-order valence-corrected chi connectivity index (χ2v) is 6.47. The molecule has 4 nitrogen and oxygen atoms in total. The number of benzene rings is 2. The standard InChI is InChI=1S/C22H23NO3/c1-16(2)23-14-21(20(25)13-19(23)15-24)26-22(17-9-5-3-6-10-17)18-11-7-4-8-12-18/h3-14,16,22,24H,15H2,1-2H3. The van der Waals surface area contributed by atoms with E-state index < -0.39 is 0 Å². The first-order valence-corrected chi connectivity index (χ1v) is 8.72. The van der Waals surface area contributed by atoms with Crippen LogP contribution in [0.2, 0.25) is 0 Å². The van der Waals surface area contributed by atoms with Crippen molar-refractivity contribution < 1.29 is 9.84 Å². The summed E-state index contributed by atoms with van der Waals surface area (Å²) in [6.45, 7) is 3.81. The van der Waals surface area contributed by atoms with Crippen LogP contribution in [-0.2, 0) is 6.61 Å². The molecule has 0 fully saturated rings. The molecule has 3 aromatic rings. The lowest BCUT2D eigenvalue weighted by atomic mass is 10.0. The molecule has 3 rings (SSSR count). The van der Waals surface area contributed by atoms with Crippen molar-refractivity contribution in [2.24, 2.45) is 0 Å². The van der Waals surface area contributed by atoms with Crippen molar-refractivity contribution in [3.8, 4) is 5.75 Å². The summed E-state index contributed by atoms with van der Waals surface area (Å²) in [6.07, 6.45) is 1.31. The Morgan fingerprint density at radius 2 is 1.50 bits per heavy atom. The summed E-state index contributed by atoms with van der Waals surface area (Å²) in [7, 11) is 0. The van der Waals surface area contributed by atoms with E-state index in [2.05, 4.69) is 0 Å². The molecule has 0 saturated heterocycles. The molecule has 1 N–H and O–H groups in total. The fourth-order valence-corrected chi connectivity index (χ4v) is 2.98. The van der Waals surface area contributed by atoms with Crippen molar-refractivity contribution in [3.05, 3.63) is 100.0 Å². The van der Waals surface area contributed by atoms with Gasteiger partial charge in [0.15, 0.2) is 5.75 Å². The van der Waals surface area contributed by atoms with E-state index in [1.165, 1.54) is 6.07 Å². The lowest BCUT2D eigenvalue weighted by Gasteiger charge is -2.22. The Hall–Kier alpha value is -2.85. The van der Waals surface area contributed by atoms with Gasteiger partial charge in [0, 0.05) is 17.8 Å². The molecular weight excluding hydrogens is 326 g/mol. The van der Waals surface area contributed by atoms with Gasteiger partial charge in [-0.15, -0.1) is 0 Å². The van der Waals surface area contributed by atoms with Crippen LogP contribution < -0.4 is 10.2 Å². The molecule has 0 spiro atoms. The maximum atomic E-state index is 12.5. The predicted molar refractivity (Wildman–Crippen MR) is 102 cm³/mol. The SMILES string of the molecule is CC(C)n1cc(OC(c2ccccc2)c2ccccc2)c(=O)cc1CO. The molecule has 1 aromatic heterocycles. The van der Waals surface area contributed by atoms with Gasteiger partial charge < -0.3 is 14.4 Å². The minimum absolute atomic E-state index is 0.104. The fraction of sp³-hybridized carbons (Fsp3) is 0.227. The van der Waals surface area contributed by atoms with Crippen molar-refractivity contribution in [1.29, 1.82) is 0 Å². The van der Waals surface area contributed by atoms with Gasteiger partial charge in [-0.1, -0.05) is 60.7 Å². The first-order valence-electron chi connectivity index (χ1n) is 8.72. The number of aliphatic hydroxyl groups excluding tert-OH is 1. The molecule has 0 radical (unpaired) electrons. The van der Waals surface area contributed by atoms with Gasteiger partial charge in [0.2, 0.25) is 5.43 Å². The molecule has 134 valence electrons. The van der Waals surface area contributed by atoms with Crippen molar-refractivity contribution in [3.63, 3.8) is 0 Å². The molecule has 2 aromatic carbocycles. The van der Waals surface area contributed by atoms with Crippen LogP contribution in [0.25, 0.3) is 0 Å². The highest BCUT2D eigenvalue weighted by atomic mass is 16.5. The summed E-state index contributed by atoms with van der Waals surface area (Å²) in [6, 6.07) is 21.2. The molecule has 26 heavy (non-hydrogen) atoms. The first-order chi connectivity index (χ1) is 12.6. The van der Waals surface area contributed by atoms with Crippen LogP contribution in [0.3, 0.4) is 0 Å². The number of nitrogens with zero attached hydrogens (tertiary/aromatic N) is 1. The second kappa shape index (κ2) is 8.02. The Balaban J connectivity index is 2.05. The zero-order valence-electron chi connectivity index (χ0n) is 15.0. The molecule has 0 aliphatic rings. The highest BCUT2D eigenvalue weighted by Gasteiger charge is 2.18. The monoisotopic (exact) mass is 349 g/mol. The van der Waals surface area contributed by atoms with Gasteiger partial charge in [-0.3, -0.25) is 4.79 Å². The third-order valence-corrected chi connectivity index (χ3v) is 4.30. The molecule has 0 saturated carbocycles. The van der Waals surface area contributed by atoms with Crippen LogP contribution in [0, 0.1) is 0 Å². The number of pyridine rings is 1. The van der Waals surface area contributed by atoms with Gasteiger partial charge in [0.1, 0.15) is 6.10 Å². The van der Waals surface area contributed by atoms with Gasteiger partial charge in [0.05, 0.1) is 12.8 Å². The van der Waals surface area contributed by atoms with Crippen LogP contribution in [0.1, 0.15) is 42.8 Å². The van der Waals surface area contributed by atoms with E-state index in [-0.39, 0.29) is 29.9 Å². The van der Waals surface area contributed by atoms with Crippen molar-refractivity contribution >= 4 is 0 Å². The molecule has 1 heterocycles. The average Bonchev–Trinajstić information content (AvgIpc) is 2.68. The molecule has 0 amide bonds. The minimum Gasteiger partial charge on any atom is -0.475 e. The number of hydrogen-bond donors (Lipinski definition) is 1. The van der Waals surface area contributed by atoms with Crippen LogP contribution in [-0.4, -0.2) is 9.67 Å². The lowest BCUT2D eigenvalue weighted by Crippen LogP contribution is -2.19. The Kier molecular flexibility index (Phi) is 5.54. The Labute approximate surface area is 153 Å². The maximum Gasteiger partial charge on any atom is 0.223 e. The average molecular weight is 349 g/mol. The van der Waals surface area contributed by atoms with Gasteiger partial charge in [-0.25, -0.2) is 0 Å². The Bertz CT molecular complexity index is 862. The topological polar surface area (TPSA) is 51.5 Å². The van der Waals surface area contributed by atoms with E-state index in [0.29, 0.717) is 5.69 Å². The minimum atomic E-state index is -0.384. The van der Waals surface area contributed by atoms with Gasteiger partial charge in [-0.2, -0.15) is 0 Å². The third kappa shape index (κ3) is 3.86. The number of hydrogen-bond acceptors (Lipinski definition) is 3. The highest BCUT2D eigenvalue weighted by molar-refractivity contribution is 5.33. The largest absolute Gasteiger partial charge is 0.475 e. The quantitative estimate of drug-likeness (QED) is 0.729. The summed E-state index contributed by atoms with van der Waals surface area (Å²) in [4.78, 5) is 12.5. The number of aliphatic hydroxyl groups is 1. The number of rotatable bonds is 6. The van der Waals surface area contributed by atoms with E-state index in [0.717, 1.165) is 11.1 Å². The zero-order valence-corrected chi connectivity index (χ0v) is 15.0. The molecular formula is C22H23NO3. The number of ether oxygens (including phenoxy) is 1. The smallest absolute Gasteiger partial charge is 0.223 e. The highest BCUT2D eigenvalue weighted by Crippen LogP contribution is 2.27. The summed E-state index contributed by atoms with van der Waals surface area (Å²) in [5.74, 6) is 0.272. The van der Waals surface area contributed by atoms with E-state index in [4.69, 9.17) is 4.74 Å². The van der Waals surface area contributed by atoms with E-state index in [9.17, 15) is 9.90 Å². The zero-order chi connectivity index (χ0) is 18.5. The van der Waals surface area contributed by atoms with Crippen LogP contribution in [0.4, 0.5) is 0 Å². The van der Waals surface area contributed by atoms with Gasteiger partial charge >= 0.3 is 0 Å². The van der Waals surface area contributed by atoms with Crippen LogP contribution >= 0.6 is 0 Å². The van der Waals surface area contributed by atoms with Gasteiger partial charge in [-0.05, 0) is 25.0 Å². The maximum absolute atomic E-state index is 12.5. The lowest BCUT2D eigenvalue weighted by molar-refractivity contribution is 0.237. The fourth-order valence-electron chi connectivity index (χ4n) is 2.98. The van der Waals surface area contributed by atoms with Crippen LogP contribution in [0.5, 0.6) is 5.75 Å². The molecule has 0 unspecified atom stereocenters. The van der Waals surface area contributed by atoms with Crippen molar-refractivity contribution in [1.82, 2.24) is 4.57 Å². The summed E-state index contributed by atoms with van der Waals surface area (Å²) >= 11 is 0. The van der Waals surface area contributed by atoms with E-state index in [1.807, 2.05) is 79.1 Å². The molecule has 0 aliphatic heterocycles. The Morgan fingerprint density at radius 3 is 1.96 bits per heavy atom. The molecule has 0 aliphatic carbocycles.